The Balaban J connectivity index is 2.23. The largest absolute Gasteiger partial charge is 0.256 e. The number of nitrogens with zero attached hydrogens (tertiary/aromatic N) is 1. The average molecular weight is 305 g/mol. The highest BCUT2D eigenvalue weighted by atomic mass is 14.7. The van der Waals surface area contributed by atoms with Crippen LogP contribution in [-0.2, 0) is 17.3 Å². The van der Waals surface area contributed by atoms with Gasteiger partial charge in [-0.05, 0) is 47.4 Å². The van der Waals surface area contributed by atoms with Crippen LogP contribution >= 0.6 is 0 Å². The van der Waals surface area contributed by atoms with E-state index in [-0.39, 0.29) is 10.8 Å². The van der Waals surface area contributed by atoms with Crippen molar-refractivity contribution in [2.24, 2.45) is 0 Å². The summed E-state index contributed by atoms with van der Waals surface area (Å²) in [4.78, 5) is 4.74. The topological polar surface area (TPSA) is 12.9 Å². The van der Waals surface area contributed by atoms with Crippen molar-refractivity contribution in [2.45, 2.75) is 57.8 Å². The molecular weight excluding hydrogens is 278 g/mol. The van der Waals surface area contributed by atoms with Gasteiger partial charge in [-0.2, -0.15) is 0 Å². The summed E-state index contributed by atoms with van der Waals surface area (Å²) in [5.41, 5.74) is 7.01. The molecule has 1 aliphatic rings. The van der Waals surface area contributed by atoms with Crippen LogP contribution in [0.15, 0.2) is 49.2 Å². The molecule has 0 saturated carbocycles. The van der Waals surface area contributed by atoms with Crippen LogP contribution < -0.4 is 0 Å². The van der Waals surface area contributed by atoms with Gasteiger partial charge in [-0.3, -0.25) is 4.98 Å². The van der Waals surface area contributed by atoms with E-state index in [4.69, 9.17) is 4.98 Å². The number of rotatable bonds is 3. The molecule has 1 atom stereocenters. The second-order valence-electron chi connectivity index (χ2n) is 7.82. The first-order valence-electron chi connectivity index (χ1n) is 8.61. The van der Waals surface area contributed by atoms with Gasteiger partial charge in [-0.25, -0.2) is 0 Å². The SMILES string of the molecule is C=CCC1(CC)Cc2cc(C(C)(C)C)ccc2-c2ncccc21. The Morgan fingerprint density at radius 3 is 2.70 bits per heavy atom. The zero-order valence-electron chi connectivity index (χ0n) is 14.8. The molecule has 0 N–H and O–H groups in total. The minimum atomic E-state index is 0.134. The van der Waals surface area contributed by atoms with E-state index in [1.165, 1.54) is 22.3 Å². The maximum atomic E-state index is 4.74. The first kappa shape index (κ1) is 16.0. The molecule has 1 heterocycles. The molecule has 0 fully saturated rings. The minimum Gasteiger partial charge on any atom is -0.256 e. The fraction of sp³-hybridized carbons (Fsp3) is 0.409. The van der Waals surface area contributed by atoms with Gasteiger partial charge in [0.05, 0.1) is 5.69 Å². The third kappa shape index (κ3) is 2.63. The van der Waals surface area contributed by atoms with E-state index in [9.17, 15) is 0 Å². The second kappa shape index (κ2) is 5.63. The van der Waals surface area contributed by atoms with Gasteiger partial charge in [-0.15, -0.1) is 6.58 Å². The van der Waals surface area contributed by atoms with Crippen molar-refractivity contribution in [3.8, 4) is 11.3 Å². The van der Waals surface area contributed by atoms with Gasteiger partial charge in [0.1, 0.15) is 0 Å². The monoisotopic (exact) mass is 305 g/mol. The van der Waals surface area contributed by atoms with Crippen LogP contribution in [0.1, 0.15) is 57.2 Å². The van der Waals surface area contributed by atoms with Gasteiger partial charge < -0.3 is 0 Å². The number of allylic oxidation sites excluding steroid dienone is 1. The van der Waals surface area contributed by atoms with Gasteiger partial charge in [0.2, 0.25) is 0 Å². The van der Waals surface area contributed by atoms with Gasteiger partial charge in [-0.1, -0.05) is 58.0 Å². The first-order chi connectivity index (χ1) is 10.9. The molecule has 0 radical (unpaired) electrons. The zero-order chi connectivity index (χ0) is 16.7. The van der Waals surface area contributed by atoms with Crippen molar-refractivity contribution >= 4 is 0 Å². The van der Waals surface area contributed by atoms with E-state index in [2.05, 4.69) is 70.7 Å². The molecule has 0 spiro atoms. The Hall–Kier alpha value is -1.89. The summed E-state index contributed by atoms with van der Waals surface area (Å²) in [6, 6.07) is 11.3. The van der Waals surface area contributed by atoms with E-state index in [0.29, 0.717) is 0 Å². The molecule has 0 saturated heterocycles. The van der Waals surface area contributed by atoms with Crippen molar-refractivity contribution in [1.82, 2.24) is 4.98 Å². The van der Waals surface area contributed by atoms with E-state index < -0.39 is 0 Å². The lowest BCUT2D eigenvalue weighted by molar-refractivity contribution is 0.406. The van der Waals surface area contributed by atoms with E-state index >= 15 is 0 Å². The summed E-state index contributed by atoms with van der Waals surface area (Å²) >= 11 is 0. The average Bonchev–Trinajstić information content (AvgIpc) is 2.54. The normalized spacial score (nSPS) is 19.8. The highest BCUT2D eigenvalue weighted by molar-refractivity contribution is 5.72. The molecule has 120 valence electrons. The van der Waals surface area contributed by atoms with Crippen molar-refractivity contribution in [1.29, 1.82) is 0 Å². The van der Waals surface area contributed by atoms with Crippen molar-refractivity contribution in [3.05, 3.63) is 65.9 Å². The zero-order valence-corrected chi connectivity index (χ0v) is 14.8. The fourth-order valence-electron chi connectivity index (χ4n) is 3.86. The quantitative estimate of drug-likeness (QED) is 0.650. The third-order valence-electron chi connectivity index (χ3n) is 5.35. The molecule has 1 heteroatoms. The standard InChI is InChI=1S/C22H27N/c1-6-12-22(7-2)15-16-14-17(21(3,4)5)10-11-18(16)20-19(22)9-8-13-23-20/h6,8-11,13-14H,1,7,12,15H2,2-5H3. The highest BCUT2D eigenvalue weighted by Gasteiger charge is 2.37. The van der Waals surface area contributed by atoms with Gasteiger partial charge in [0, 0.05) is 17.2 Å². The van der Waals surface area contributed by atoms with E-state index in [1.807, 2.05) is 6.20 Å². The van der Waals surface area contributed by atoms with Crippen LogP contribution in [0.5, 0.6) is 0 Å². The maximum Gasteiger partial charge on any atom is 0.0742 e. The lowest BCUT2D eigenvalue weighted by Gasteiger charge is -2.39. The summed E-state index contributed by atoms with van der Waals surface area (Å²) in [5.74, 6) is 0. The van der Waals surface area contributed by atoms with Crippen LogP contribution in [0.3, 0.4) is 0 Å². The highest BCUT2D eigenvalue weighted by Crippen LogP contribution is 2.46. The molecule has 2 aromatic rings. The molecule has 0 bridgehead atoms. The Bertz CT molecular complexity index is 736. The van der Waals surface area contributed by atoms with Crippen LogP contribution in [0.25, 0.3) is 11.3 Å². The Morgan fingerprint density at radius 2 is 2.04 bits per heavy atom. The molecule has 3 rings (SSSR count). The van der Waals surface area contributed by atoms with Crippen molar-refractivity contribution in [2.75, 3.05) is 0 Å². The van der Waals surface area contributed by atoms with Gasteiger partial charge in [0.25, 0.3) is 0 Å². The Morgan fingerprint density at radius 1 is 1.26 bits per heavy atom. The van der Waals surface area contributed by atoms with E-state index in [1.54, 1.807) is 0 Å². The molecular formula is C22H27N. The van der Waals surface area contributed by atoms with E-state index in [0.717, 1.165) is 25.0 Å². The van der Waals surface area contributed by atoms with Crippen molar-refractivity contribution in [3.63, 3.8) is 0 Å². The smallest absolute Gasteiger partial charge is 0.0742 e. The fourth-order valence-corrected chi connectivity index (χ4v) is 3.86. The number of hydrogen-bond donors (Lipinski definition) is 0. The number of aromatic nitrogens is 1. The van der Waals surface area contributed by atoms with Crippen LogP contribution in [0.2, 0.25) is 0 Å². The second-order valence-corrected chi connectivity index (χ2v) is 7.82. The first-order valence-corrected chi connectivity index (χ1v) is 8.61. The summed E-state index contributed by atoms with van der Waals surface area (Å²) in [6.45, 7) is 13.1. The van der Waals surface area contributed by atoms with Crippen LogP contribution in [0.4, 0.5) is 0 Å². The van der Waals surface area contributed by atoms with Gasteiger partial charge in [0.15, 0.2) is 0 Å². The molecule has 23 heavy (non-hydrogen) atoms. The number of fused-ring (bicyclic) bond motifs is 3. The number of pyridine rings is 1. The Labute approximate surface area is 140 Å². The molecule has 1 aliphatic carbocycles. The van der Waals surface area contributed by atoms with Crippen LogP contribution in [0, 0.1) is 0 Å². The maximum absolute atomic E-state index is 4.74. The number of benzene rings is 1. The summed E-state index contributed by atoms with van der Waals surface area (Å²) in [7, 11) is 0. The Kier molecular flexibility index (Phi) is 3.91. The van der Waals surface area contributed by atoms with Gasteiger partial charge >= 0.3 is 0 Å². The third-order valence-corrected chi connectivity index (χ3v) is 5.35. The molecule has 1 aromatic carbocycles. The van der Waals surface area contributed by atoms with Crippen LogP contribution in [-0.4, -0.2) is 4.98 Å². The summed E-state index contributed by atoms with van der Waals surface area (Å²) < 4.78 is 0. The molecule has 1 nitrogen and oxygen atoms in total. The number of hydrogen-bond acceptors (Lipinski definition) is 1. The molecule has 0 aliphatic heterocycles. The minimum absolute atomic E-state index is 0.134. The van der Waals surface area contributed by atoms with Crippen molar-refractivity contribution < 1.29 is 0 Å². The summed E-state index contributed by atoms with van der Waals surface area (Å²) in [5, 5.41) is 0. The molecule has 1 unspecified atom stereocenters. The summed E-state index contributed by atoms with van der Waals surface area (Å²) in [6.07, 6.45) is 7.17. The molecule has 1 aromatic heterocycles. The molecule has 0 amide bonds. The lowest BCUT2D eigenvalue weighted by atomic mass is 9.65. The predicted octanol–water partition coefficient (Wildman–Crippen LogP) is 5.83. The lowest BCUT2D eigenvalue weighted by Crippen LogP contribution is -2.32. The predicted molar refractivity (Wildman–Crippen MR) is 98.9 cm³/mol.